The Morgan fingerprint density at radius 2 is 1.82 bits per heavy atom. The summed E-state index contributed by atoms with van der Waals surface area (Å²) < 4.78 is 6.81. The summed E-state index contributed by atoms with van der Waals surface area (Å²) in [5.41, 5.74) is 0.660. The lowest BCUT2D eigenvalue weighted by molar-refractivity contribution is 0.0931. The molecule has 144 valence electrons. The smallest absolute Gasteiger partial charge is 0.272 e. The molecule has 28 heavy (non-hydrogen) atoms. The van der Waals surface area contributed by atoms with Crippen molar-refractivity contribution in [2.45, 2.75) is 19.5 Å². The molecule has 1 unspecified atom stereocenters. The fraction of sp³-hybridized carbons (Fsp3) is 0.190. The molecule has 2 aromatic carbocycles. The summed E-state index contributed by atoms with van der Waals surface area (Å²) in [6.07, 6.45) is 0. The van der Waals surface area contributed by atoms with Crippen LogP contribution in [0.3, 0.4) is 0 Å². The van der Waals surface area contributed by atoms with Crippen LogP contribution in [0.2, 0.25) is 5.02 Å². The van der Waals surface area contributed by atoms with Crippen molar-refractivity contribution in [1.82, 2.24) is 15.1 Å². The van der Waals surface area contributed by atoms with E-state index in [1.807, 2.05) is 55.5 Å². The third kappa shape index (κ3) is 4.98. The molecule has 0 bridgehead atoms. The standard InChI is InChI=1S/C21H20ClN3O3/c1-15(17-9-5-6-10-18(17)22)23-21(27)19-11-12-20(26)25(24-19)13-14-28-16-7-3-2-4-8-16/h2-12,15H,13-14H2,1H3,(H,23,27). The summed E-state index contributed by atoms with van der Waals surface area (Å²) in [4.78, 5) is 24.6. The number of halogens is 1. The molecule has 3 aromatic rings. The van der Waals surface area contributed by atoms with E-state index in [1.165, 1.54) is 16.8 Å². The largest absolute Gasteiger partial charge is 0.492 e. The van der Waals surface area contributed by atoms with Gasteiger partial charge in [0.1, 0.15) is 18.1 Å². The van der Waals surface area contributed by atoms with Gasteiger partial charge in [0.15, 0.2) is 0 Å². The van der Waals surface area contributed by atoms with E-state index >= 15 is 0 Å². The first-order chi connectivity index (χ1) is 13.5. The second-order valence-corrected chi connectivity index (χ2v) is 6.57. The molecule has 0 fully saturated rings. The summed E-state index contributed by atoms with van der Waals surface area (Å²) in [6.45, 7) is 2.33. The molecule has 0 spiro atoms. The van der Waals surface area contributed by atoms with Crippen molar-refractivity contribution in [3.8, 4) is 5.75 Å². The van der Waals surface area contributed by atoms with Gasteiger partial charge in [-0.25, -0.2) is 4.68 Å². The second-order valence-electron chi connectivity index (χ2n) is 6.16. The van der Waals surface area contributed by atoms with E-state index in [0.29, 0.717) is 10.8 Å². The highest BCUT2D eigenvalue weighted by molar-refractivity contribution is 6.31. The maximum atomic E-state index is 12.5. The Bertz CT molecular complexity index is 1010. The fourth-order valence-corrected chi connectivity index (χ4v) is 2.97. The normalized spacial score (nSPS) is 11.6. The van der Waals surface area contributed by atoms with E-state index in [0.717, 1.165) is 5.56 Å². The molecule has 1 N–H and O–H groups in total. The second kappa shape index (κ2) is 9.19. The zero-order chi connectivity index (χ0) is 19.9. The summed E-state index contributed by atoms with van der Waals surface area (Å²) in [6, 6.07) is 19.0. The number of carbonyl (C=O) groups is 1. The quantitative estimate of drug-likeness (QED) is 0.662. The van der Waals surface area contributed by atoms with Gasteiger partial charge in [-0.15, -0.1) is 0 Å². The molecule has 0 aliphatic heterocycles. The van der Waals surface area contributed by atoms with Crippen LogP contribution in [-0.4, -0.2) is 22.3 Å². The Morgan fingerprint density at radius 3 is 2.57 bits per heavy atom. The Kier molecular flexibility index (Phi) is 6.45. The van der Waals surface area contributed by atoms with Crippen molar-refractivity contribution in [3.05, 3.63) is 93.4 Å². The highest BCUT2D eigenvalue weighted by Gasteiger charge is 2.15. The van der Waals surface area contributed by atoms with Gasteiger partial charge in [-0.05, 0) is 36.8 Å². The number of hydrogen-bond acceptors (Lipinski definition) is 4. The van der Waals surface area contributed by atoms with Gasteiger partial charge < -0.3 is 10.1 Å². The number of ether oxygens (including phenoxy) is 1. The van der Waals surface area contributed by atoms with Crippen LogP contribution in [0.25, 0.3) is 0 Å². The van der Waals surface area contributed by atoms with Crippen molar-refractivity contribution in [3.63, 3.8) is 0 Å². The summed E-state index contributed by atoms with van der Waals surface area (Å²) in [7, 11) is 0. The van der Waals surface area contributed by atoms with Gasteiger partial charge >= 0.3 is 0 Å². The molecule has 1 amide bonds. The molecular weight excluding hydrogens is 378 g/mol. The molecule has 6 nitrogen and oxygen atoms in total. The Labute approximate surface area is 167 Å². The van der Waals surface area contributed by atoms with Crippen LogP contribution in [0, 0.1) is 0 Å². The number of carbonyl (C=O) groups excluding carboxylic acids is 1. The predicted octanol–water partition coefficient (Wildman–Crippen LogP) is 3.47. The number of aromatic nitrogens is 2. The predicted molar refractivity (Wildman–Crippen MR) is 108 cm³/mol. The van der Waals surface area contributed by atoms with E-state index in [1.54, 1.807) is 6.07 Å². The van der Waals surface area contributed by atoms with Crippen molar-refractivity contribution < 1.29 is 9.53 Å². The van der Waals surface area contributed by atoms with Crippen LogP contribution in [0.15, 0.2) is 71.5 Å². The minimum absolute atomic E-state index is 0.151. The molecule has 1 aromatic heterocycles. The monoisotopic (exact) mass is 397 g/mol. The number of rotatable bonds is 7. The third-order valence-electron chi connectivity index (χ3n) is 4.13. The maximum absolute atomic E-state index is 12.5. The van der Waals surface area contributed by atoms with Crippen LogP contribution in [0.1, 0.15) is 29.0 Å². The molecule has 1 heterocycles. The van der Waals surface area contributed by atoms with Gasteiger partial charge in [0.05, 0.1) is 12.6 Å². The van der Waals surface area contributed by atoms with Crippen LogP contribution < -0.4 is 15.6 Å². The maximum Gasteiger partial charge on any atom is 0.272 e. The topological polar surface area (TPSA) is 73.2 Å². The van der Waals surface area contributed by atoms with Gasteiger partial charge in [-0.2, -0.15) is 5.10 Å². The van der Waals surface area contributed by atoms with Crippen molar-refractivity contribution in [1.29, 1.82) is 0 Å². The Balaban J connectivity index is 1.65. The van der Waals surface area contributed by atoms with Gasteiger partial charge in [0.25, 0.3) is 11.5 Å². The SMILES string of the molecule is CC(NC(=O)c1ccc(=O)n(CCOc2ccccc2)n1)c1ccccc1Cl. The summed E-state index contributed by atoms with van der Waals surface area (Å²) in [5.74, 6) is 0.322. The molecule has 0 aliphatic carbocycles. The van der Waals surface area contributed by atoms with Crippen LogP contribution in [0.5, 0.6) is 5.75 Å². The van der Waals surface area contributed by atoms with Gasteiger partial charge in [-0.3, -0.25) is 9.59 Å². The molecular formula is C21H20ClN3O3. The molecule has 7 heteroatoms. The number of nitrogens with one attached hydrogen (secondary N) is 1. The lowest BCUT2D eigenvalue weighted by Gasteiger charge is -2.15. The van der Waals surface area contributed by atoms with E-state index in [9.17, 15) is 9.59 Å². The minimum atomic E-state index is -0.384. The van der Waals surface area contributed by atoms with Gasteiger partial charge in [0, 0.05) is 11.1 Å². The first kappa shape index (κ1) is 19.6. The average Bonchev–Trinajstić information content (AvgIpc) is 2.70. The van der Waals surface area contributed by atoms with Crippen LogP contribution >= 0.6 is 11.6 Å². The molecule has 0 radical (unpaired) electrons. The van der Waals surface area contributed by atoms with E-state index in [2.05, 4.69) is 10.4 Å². The van der Waals surface area contributed by atoms with Crippen molar-refractivity contribution in [2.24, 2.45) is 0 Å². The number of para-hydroxylation sites is 1. The molecule has 3 rings (SSSR count). The zero-order valence-electron chi connectivity index (χ0n) is 15.3. The van der Waals surface area contributed by atoms with E-state index < -0.39 is 0 Å². The molecule has 0 saturated carbocycles. The van der Waals surface area contributed by atoms with Gasteiger partial charge in [-0.1, -0.05) is 48.0 Å². The number of hydrogen-bond donors (Lipinski definition) is 1. The fourth-order valence-electron chi connectivity index (χ4n) is 2.67. The first-order valence-electron chi connectivity index (χ1n) is 8.86. The number of benzene rings is 2. The van der Waals surface area contributed by atoms with E-state index in [4.69, 9.17) is 16.3 Å². The Morgan fingerprint density at radius 1 is 1.11 bits per heavy atom. The highest BCUT2D eigenvalue weighted by Crippen LogP contribution is 2.22. The van der Waals surface area contributed by atoms with Crippen molar-refractivity contribution in [2.75, 3.05) is 6.61 Å². The van der Waals surface area contributed by atoms with Gasteiger partial charge in [0.2, 0.25) is 0 Å². The molecule has 1 atom stereocenters. The minimum Gasteiger partial charge on any atom is -0.492 e. The van der Waals surface area contributed by atoms with Crippen LogP contribution in [0.4, 0.5) is 0 Å². The average molecular weight is 398 g/mol. The number of amides is 1. The third-order valence-corrected chi connectivity index (χ3v) is 4.48. The molecule has 0 saturated heterocycles. The zero-order valence-corrected chi connectivity index (χ0v) is 16.1. The highest BCUT2D eigenvalue weighted by atomic mass is 35.5. The lowest BCUT2D eigenvalue weighted by Crippen LogP contribution is -2.32. The molecule has 0 aliphatic rings. The van der Waals surface area contributed by atoms with Crippen LogP contribution in [-0.2, 0) is 6.54 Å². The number of nitrogens with zero attached hydrogens (tertiary/aromatic N) is 2. The first-order valence-corrected chi connectivity index (χ1v) is 9.23. The summed E-state index contributed by atoms with van der Waals surface area (Å²) in [5, 5.41) is 7.58. The van der Waals surface area contributed by atoms with Crippen molar-refractivity contribution >= 4 is 17.5 Å². The summed E-state index contributed by atoms with van der Waals surface area (Å²) >= 11 is 6.18. The Hall–Kier alpha value is -3.12. The lowest BCUT2D eigenvalue weighted by atomic mass is 10.1. The van der Waals surface area contributed by atoms with E-state index in [-0.39, 0.29) is 36.4 Å².